The number of rotatable bonds is 6. The maximum Gasteiger partial charge on any atom is 0.343 e. The van der Waals surface area contributed by atoms with Crippen LogP contribution < -0.4 is 10.6 Å². The van der Waals surface area contributed by atoms with Crippen molar-refractivity contribution in [3.63, 3.8) is 0 Å². The Kier molecular flexibility index (Phi) is 6.10. The van der Waals surface area contributed by atoms with Gasteiger partial charge in [-0.25, -0.2) is 4.79 Å². The molecule has 23 heavy (non-hydrogen) atoms. The monoisotopic (exact) mass is 338 g/mol. The van der Waals surface area contributed by atoms with Crippen LogP contribution in [0.15, 0.2) is 0 Å². The summed E-state index contributed by atoms with van der Waals surface area (Å²) in [6.45, 7) is 8.47. The van der Waals surface area contributed by atoms with Crippen LogP contribution in [0.4, 0.5) is 5.00 Å². The number of hydrogen-bond acceptors (Lipinski definition) is 7. The normalized spacial score (nSPS) is 14.5. The molecule has 7 nitrogen and oxygen atoms in total. The number of ether oxygens (including phenoxy) is 1. The van der Waals surface area contributed by atoms with Crippen molar-refractivity contribution in [3.05, 3.63) is 11.3 Å². The minimum atomic E-state index is -1.02. The lowest BCUT2D eigenvalue weighted by atomic mass is 9.90. The van der Waals surface area contributed by atoms with Crippen molar-refractivity contribution in [2.24, 2.45) is 5.92 Å². The number of nitriles is 1. The molecule has 0 aliphatic carbocycles. The third kappa shape index (κ3) is 4.20. The molecule has 0 bridgehead atoms. The number of carbonyl (C=O) groups is 2. The van der Waals surface area contributed by atoms with E-state index in [0.29, 0.717) is 16.3 Å². The van der Waals surface area contributed by atoms with Crippen molar-refractivity contribution in [2.45, 2.75) is 46.3 Å². The van der Waals surface area contributed by atoms with Gasteiger partial charge in [0.2, 0.25) is 0 Å². The largest absolute Gasteiger partial charge is 0.449 e. The summed E-state index contributed by atoms with van der Waals surface area (Å²) < 4.78 is 9.31. The first-order valence-electron chi connectivity index (χ1n) is 7.24. The van der Waals surface area contributed by atoms with Gasteiger partial charge in [0.05, 0.1) is 11.8 Å². The second kappa shape index (κ2) is 7.42. The van der Waals surface area contributed by atoms with E-state index in [1.54, 1.807) is 20.9 Å². The maximum atomic E-state index is 12.2. The predicted octanol–water partition coefficient (Wildman–Crippen LogP) is 2.09. The summed E-state index contributed by atoms with van der Waals surface area (Å²) in [5.74, 6) is -1.21. The van der Waals surface area contributed by atoms with Crippen LogP contribution in [0, 0.1) is 24.2 Å². The SMILES string of the molecule is CNc1snc(C)c1C(=O)O[C@@H](C)C(=O)N[C@@](C)(C#N)C(C)C. The number of hydrogen-bond donors (Lipinski definition) is 2. The lowest BCUT2D eigenvalue weighted by molar-refractivity contribution is -0.130. The van der Waals surface area contributed by atoms with E-state index < -0.39 is 23.5 Å². The second-order valence-corrected chi connectivity index (χ2v) is 6.50. The zero-order valence-electron chi connectivity index (χ0n) is 14.2. The van der Waals surface area contributed by atoms with Gasteiger partial charge in [0, 0.05) is 7.05 Å². The molecule has 2 N–H and O–H groups in total. The second-order valence-electron chi connectivity index (χ2n) is 5.73. The van der Waals surface area contributed by atoms with Crippen LogP contribution in [0.25, 0.3) is 0 Å². The Morgan fingerprint density at radius 3 is 2.48 bits per heavy atom. The van der Waals surface area contributed by atoms with E-state index in [9.17, 15) is 14.9 Å². The zero-order valence-corrected chi connectivity index (χ0v) is 15.0. The third-order valence-electron chi connectivity index (χ3n) is 3.72. The van der Waals surface area contributed by atoms with Crippen LogP contribution in [0.3, 0.4) is 0 Å². The number of amides is 1. The molecule has 1 amide bonds. The van der Waals surface area contributed by atoms with Crippen molar-refractivity contribution in [3.8, 4) is 6.07 Å². The number of carbonyl (C=O) groups excluding carboxylic acids is 2. The Balaban J connectivity index is 2.81. The first-order chi connectivity index (χ1) is 10.7. The van der Waals surface area contributed by atoms with E-state index >= 15 is 0 Å². The number of anilines is 1. The smallest absolute Gasteiger partial charge is 0.343 e. The Bertz CT molecular complexity index is 635. The van der Waals surface area contributed by atoms with Crippen LogP contribution >= 0.6 is 11.5 Å². The number of aromatic nitrogens is 1. The number of nitrogens with one attached hydrogen (secondary N) is 2. The van der Waals surface area contributed by atoms with Crippen molar-refractivity contribution < 1.29 is 14.3 Å². The van der Waals surface area contributed by atoms with Gasteiger partial charge in [0.25, 0.3) is 5.91 Å². The first-order valence-corrected chi connectivity index (χ1v) is 8.01. The van der Waals surface area contributed by atoms with Crippen molar-refractivity contribution >= 4 is 28.4 Å². The predicted molar refractivity (Wildman–Crippen MR) is 88.3 cm³/mol. The molecule has 1 heterocycles. The summed E-state index contributed by atoms with van der Waals surface area (Å²) in [5.41, 5.74) is -0.154. The molecule has 0 saturated heterocycles. The molecular weight excluding hydrogens is 316 g/mol. The van der Waals surface area contributed by atoms with Crippen LogP contribution in [0.1, 0.15) is 43.7 Å². The fourth-order valence-electron chi connectivity index (χ4n) is 1.71. The van der Waals surface area contributed by atoms with Gasteiger partial charge in [-0.3, -0.25) is 4.79 Å². The summed E-state index contributed by atoms with van der Waals surface area (Å²) in [5, 5.41) is 15.3. The molecule has 8 heteroatoms. The van der Waals surface area contributed by atoms with E-state index in [0.717, 1.165) is 11.5 Å². The van der Waals surface area contributed by atoms with E-state index in [1.165, 1.54) is 6.92 Å². The van der Waals surface area contributed by atoms with Crippen molar-refractivity contribution in [1.82, 2.24) is 9.69 Å². The topological polar surface area (TPSA) is 104 Å². The van der Waals surface area contributed by atoms with Crippen molar-refractivity contribution in [2.75, 3.05) is 12.4 Å². The molecule has 0 aliphatic rings. The summed E-state index contributed by atoms with van der Waals surface area (Å²) in [6.07, 6.45) is -1.02. The highest BCUT2D eigenvalue weighted by atomic mass is 32.1. The van der Waals surface area contributed by atoms with Crippen molar-refractivity contribution in [1.29, 1.82) is 5.26 Å². The summed E-state index contributed by atoms with van der Waals surface area (Å²) >= 11 is 1.15. The van der Waals surface area contributed by atoms with Crippen LogP contribution in [0.2, 0.25) is 0 Å². The number of nitrogens with zero attached hydrogens (tertiary/aromatic N) is 2. The van der Waals surface area contributed by atoms with Crippen LogP contribution in [0.5, 0.6) is 0 Å². The molecule has 0 radical (unpaired) electrons. The molecule has 0 saturated carbocycles. The van der Waals surface area contributed by atoms with Gasteiger partial charge in [-0.2, -0.15) is 9.64 Å². The van der Waals surface area contributed by atoms with Gasteiger partial charge in [-0.15, -0.1) is 0 Å². The highest BCUT2D eigenvalue weighted by molar-refractivity contribution is 7.10. The van der Waals surface area contributed by atoms with Gasteiger partial charge in [0.1, 0.15) is 16.1 Å². The molecule has 0 aliphatic heterocycles. The lowest BCUT2D eigenvalue weighted by Crippen LogP contribution is -2.52. The standard InChI is InChI=1S/C15H22N4O3S/c1-8(2)15(5,7-16)18-12(20)10(4)22-14(21)11-9(3)19-23-13(11)17-6/h8,10,17H,1-6H3,(H,18,20)/t10-,15-/m0/s1. The maximum absolute atomic E-state index is 12.2. The molecule has 1 aromatic rings. The van der Waals surface area contributed by atoms with Crippen LogP contribution in [-0.4, -0.2) is 34.9 Å². The highest BCUT2D eigenvalue weighted by Crippen LogP contribution is 2.25. The van der Waals surface area contributed by atoms with E-state index in [-0.39, 0.29) is 5.92 Å². The Labute approximate surface area is 140 Å². The Morgan fingerprint density at radius 2 is 2.00 bits per heavy atom. The van der Waals surface area contributed by atoms with Gasteiger partial charge < -0.3 is 15.4 Å². The quantitative estimate of drug-likeness (QED) is 0.770. The first kappa shape index (κ1) is 18.9. The van der Waals surface area contributed by atoms with E-state index in [1.807, 2.05) is 13.8 Å². The molecule has 2 atom stereocenters. The summed E-state index contributed by atoms with van der Waals surface area (Å²) in [7, 11) is 1.68. The van der Waals surface area contributed by atoms with E-state index in [2.05, 4.69) is 21.1 Å². The molecule has 0 spiro atoms. The molecule has 0 unspecified atom stereocenters. The summed E-state index contributed by atoms with van der Waals surface area (Å²) in [6, 6.07) is 2.08. The Morgan fingerprint density at radius 1 is 1.39 bits per heavy atom. The highest BCUT2D eigenvalue weighted by Gasteiger charge is 2.33. The Hall–Kier alpha value is -2.14. The number of aryl methyl sites for hydroxylation is 1. The van der Waals surface area contributed by atoms with Gasteiger partial charge in [-0.05, 0) is 38.2 Å². The minimum Gasteiger partial charge on any atom is -0.449 e. The third-order valence-corrected chi connectivity index (χ3v) is 4.67. The fourth-order valence-corrected chi connectivity index (χ4v) is 2.45. The van der Waals surface area contributed by atoms with Crippen LogP contribution in [-0.2, 0) is 9.53 Å². The molecule has 1 aromatic heterocycles. The molecule has 126 valence electrons. The molecule has 0 aromatic carbocycles. The molecule has 1 rings (SSSR count). The van der Waals surface area contributed by atoms with Gasteiger partial charge in [-0.1, -0.05) is 13.8 Å². The summed E-state index contributed by atoms with van der Waals surface area (Å²) in [4.78, 5) is 24.4. The fraction of sp³-hybridized carbons (Fsp3) is 0.600. The molecule has 0 fully saturated rings. The average Bonchev–Trinajstić information content (AvgIpc) is 2.87. The van der Waals surface area contributed by atoms with Gasteiger partial charge in [0.15, 0.2) is 6.10 Å². The van der Waals surface area contributed by atoms with E-state index in [4.69, 9.17) is 4.74 Å². The minimum absolute atomic E-state index is 0.0847. The zero-order chi connectivity index (χ0) is 17.8. The van der Waals surface area contributed by atoms with Gasteiger partial charge >= 0.3 is 5.97 Å². The number of esters is 1. The average molecular weight is 338 g/mol. The molecular formula is C15H22N4O3S. The lowest BCUT2D eigenvalue weighted by Gasteiger charge is -2.28.